The Labute approximate surface area is 416 Å². The van der Waals surface area contributed by atoms with Crippen LogP contribution in [0, 0.1) is 0 Å². The molecule has 0 saturated carbocycles. The minimum atomic E-state index is -1.76. The average molecular weight is 989 g/mol. The van der Waals surface area contributed by atoms with Crippen molar-refractivity contribution in [3.8, 4) is 0 Å². The van der Waals surface area contributed by atoms with Gasteiger partial charge in [-0.2, -0.15) is 0 Å². The van der Waals surface area contributed by atoms with E-state index in [2.05, 4.69) is 26.0 Å². The van der Waals surface area contributed by atoms with E-state index in [-0.39, 0.29) is 26.1 Å². The lowest BCUT2D eigenvalue weighted by atomic mass is 9.98. The summed E-state index contributed by atoms with van der Waals surface area (Å²) in [5.41, 5.74) is 0. The molecule has 2 aliphatic rings. The number of rotatable bonds is 44. The minimum absolute atomic E-state index is 0.171. The Hall–Kier alpha value is -1.76. The number of hydrogen-bond donors (Lipinski definition) is 7. The van der Waals surface area contributed by atoms with Crippen LogP contribution in [0.4, 0.5) is 0 Å². The Balaban J connectivity index is 1.77. The molecule has 11 atom stereocenters. The predicted molar refractivity (Wildman–Crippen MR) is 266 cm³/mol. The molecule has 15 heteroatoms. The number of carbonyl (C=O) groups excluding carboxylic acids is 2. The lowest BCUT2D eigenvalue weighted by molar-refractivity contribution is -0.332. The highest BCUT2D eigenvalue weighted by molar-refractivity contribution is 5.70. The zero-order valence-corrected chi connectivity index (χ0v) is 43.1. The van der Waals surface area contributed by atoms with Crippen LogP contribution in [-0.2, 0) is 38.0 Å². The number of aliphatic hydroxyl groups is 7. The fourth-order valence-electron chi connectivity index (χ4n) is 8.92. The van der Waals surface area contributed by atoms with Gasteiger partial charge in [0.25, 0.3) is 0 Å². The van der Waals surface area contributed by atoms with Crippen LogP contribution < -0.4 is 0 Å². The summed E-state index contributed by atoms with van der Waals surface area (Å²) in [5, 5.41) is 72.2. The Morgan fingerprint density at radius 2 is 0.826 bits per heavy atom. The molecule has 0 aliphatic carbocycles. The minimum Gasteiger partial charge on any atom is -0.462 e. The van der Waals surface area contributed by atoms with E-state index in [1.807, 2.05) is 0 Å². The molecule has 69 heavy (non-hydrogen) atoms. The van der Waals surface area contributed by atoms with Crippen molar-refractivity contribution in [3.05, 3.63) is 12.2 Å². The van der Waals surface area contributed by atoms with Crippen molar-refractivity contribution in [2.45, 2.75) is 293 Å². The van der Waals surface area contributed by atoms with Crippen LogP contribution >= 0.6 is 0 Å². The summed E-state index contributed by atoms with van der Waals surface area (Å²) in [6, 6.07) is 0. The normalized spacial score (nSPS) is 25.6. The first-order chi connectivity index (χ1) is 33.5. The highest BCUT2D eigenvalue weighted by atomic mass is 16.7. The Morgan fingerprint density at radius 1 is 0.449 bits per heavy atom. The van der Waals surface area contributed by atoms with Gasteiger partial charge in [0.15, 0.2) is 18.7 Å². The molecule has 0 aromatic rings. The zero-order valence-electron chi connectivity index (χ0n) is 43.1. The standard InChI is InChI=1S/C54H100O15/c1-3-5-7-9-11-13-15-17-19-21-23-24-26-28-30-32-34-36-45(56)64-39-42(67-46(57)37-35-33-31-29-27-25-22-20-18-16-14-12-10-8-6-4-2)40-65-53-52(63)50(61)48(59)44(69-53)41-66-54-51(62)49(60)47(58)43(38-55)68-54/h13,15,42-44,47-55,58-63H,3-12,14,16-41H2,1-2H3/b15-13+/t42-,43+,44+,47-,48-,49?,50?,51?,52?,53+,54+/m0/s1. The summed E-state index contributed by atoms with van der Waals surface area (Å²) in [6.45, 7) is 2.62. The Morgan fingerprint density at radius 3 is 1.29 bits per heavy atom. The molecule has 2 rings (SSSR count). The molecule has 2 saturated heterocycles. The first-order valence-corrected chi connectivity index (χ1v) is 27.8. The molecule has 4 unspecified atom stereocenters. The van der Waals surface area contributed by atoms with Gasteiger partial charge in [-0.15, -0.1) is 0 Å². The Kier molecular flexibility index (Phi) is 38.3. The van der Waals surface area contributed by atoms with Gasteiger partial charge in [-0.1, -0.05) is 187 Å². The van der Waals surface area contributed by atoms with Crippen molar-refractivity contribution in [3.63, 3.8) is 0 Å². The van der Waals surface area contributed by atoms with E-state index in [0.717, 1.165) is 38.5 Å². The van der Waals surface area contributed by atoms with E-state index in [4.69, 9.17) is 28.4 Å². The third kappa shape index (κ3) is 29.5. The summed E-state index contributed by atoms with van der Waals surface area (Å²) < 4.78 is 33.7. The highest BCUT2D eigenvalue weighted by Crippen LogP contribution is 2.27. The molecule has 2 heterocycles. The van der Waals surface area contributed by atoms with E-state index in [1.54, 1.807) is 0 Å². The summed E-state index contributed by atoms with van der Waals surface area (Å²) in [5.74, 6) is -0.914. The first kappa shape index (κ1) is 63.4. The van der Waals surface area contributed by atoms with Crippen LogP contribution in [0.15, 0.2) is 12.2 Å². The van der Waals surface area contributed by atoms with E-state index in [0.29, 0.717) is 12.8 Å². The predicted octanol–water partition coefficient (Wildman–Crippen LogP) is 8.55. The van der Waals surface area contributed by atoms with Gasteiger partial charge in [-0.25, -0.2) is 0 Å². The summed E-state index contributed by atoms with van der Waals surface area (Å²) >= 11 is 0. The van der Waals surface area contributed by atoms with Crippen LogP contribution in [0.25, 0.3) is 0 Å². The number of ether oxygens (including phenoxy) is 6. The lowest BCUT2D eigenvalue weighted by Crippen LogP contribution is -2.61. The molecule has 0 radical (unpaired) electrons. The van der Waals surface area contributed by atoms with Crippen molar-refractivity contribution in [1.82, 2.24) is 0 Å². The second kappa shape index (κ2) is 41.7. The van der Waals surface area contributed by atoms with Gasteiger partial charge in [0, 0.05) is 12.8 Å². The molecule has 0 spiro atoms. The van der Waals surface area contributed by atoms with Gasteiger partial charge >= 0.3 is 11.9 Å². The van der Waals surface area contributed by atoms with E-state index in [1.165, 1.54) is 148 Å². The smallest absolute Gasteiger partial charge is 0.306 e. The van der Waals surface area contributed by atoms with Gasteiger partial charge in [0.05, 0.1) is 19.8 Å². The molecule has 7 N–H and O–H groups in total. The lowest BCUT2D eigenvalue weighted by Gasteiger charge is -2.42. The van der Waals surface area contributed by atoms with Crippen molar-refractivity contribution in [2.24, 2.45) is 0 Å². The quantitative estimate of drug-likeness (QED) is 0.0172. The molecule has 0 bridgehead atoms. The van der Waals surface area contributed by atoms with E-state index < -0.39 is 92.7 Å². The van der Waals surface area contributed by atoms with Crippen LogP contribution in [-0.4, -0.2) is 142 Å². The Bertz CT molecular complexity index is 1250. The molecule has 0 aromatic carbocycles. The second-order valence-corrected chi connectivity index (χ2v) is 19.8. The molecule has 0 aromatic heterocycles. The van der Waals surface area contributed by atoms with E-state index in [9.17, 15) is 45.3 Å². The van der Waals surface area contributed by atoms with Crippen molar-refractivity contribution >= 4 is 11.9 Å². The first-order valence-electron chi connectivity index (χ1n) is 27.8. The monoisotopic (exact) mass is 989 g/mol. The topological polar surface area (TPSA) is 231 Å². The van der Waals surface area contributed by atoms with Gasteiger partial charge in [0.2, 0.25) is 0 Å². The molecule has 0 amide bonds. The summed E-state index contributed by atoms with van der Waals surface area (Å²) in [4.78, 5) is 25.8. The third-order valence-electron chi connectivity index (χ3n) is 13.5. The number of esters is 2. The highest BCUT2D eigenvalue weighted by Gasteiger charge is 2.47. The average Bonchev–Trinajstić information content (AvgIpc) is 3.34. The summed E-state index contributed by atoms with van der Waals surface area (Å²) in [7, 11) is 0. The van der Waals surface area contributed by atoms with Gasteiger partial charge in [-0.3, -0.25) is 9.59 Å². The maximum Gasteiger partial charge on any atom is 0.306 e. The number of unbranched alkanes of at least 4 members (excludes halogenated alkanes) is 28. The van der Waals surface area contributed by atoms with Crippen LogP contribution in [0.5, 0.6) is 0 Å². The van der Waals surface area contributed by atoms with Crippen molar-refractivity contribution in [1.29, 1.82) is 0 Å². The number of hydrogen-bond acceptors (Lipinski definition) is 15. The van der Waals surface area contributed by atoms with Crippen LogP contribution in [0.1, 0.15) is 226 Å². The molecule has 15 nitrogen and oxygen atoms in total. The van der Waals surface area contributed by atoms with Gasteiger partial charge < -0.3 is 64.2 Å². The molecule has 406 valence electrons. The maximum absolute atomic E-state index is 13.0. The number of aliphatic hydroxyl groups excluding tert-OH is 7. The number of carbonyl (C=O) groups is 2. The molecular weight excluding hydrogens is 889 g/mol. The van der Waals surface area contributed by atoms with Crippen LogP contribution in [0.2, 0.25) is 0 Å². The third-order valence-corrected chi connectivity index (χ3v) is 13.5. The van der Waals surface area contributed by atoms with Crippen molar-refractivity contribution < 1.29 is 73.8 Å². The maximum atomic E-state index is 13.0. The fraction of sp³-hybridized carbons (Fsp3) is 0.926. The summed E-state index contributed by atoms with van der Waals surface area (Å²) in [6.07, 6.45) is 25.1. The van der Waals surface area contributed by atoms with Crippen LogP contribution in [0.3, 0.4) is 0 Å². The zero-order chi connectivity index (χ0) is 50.3. The number of allylic oxidation sites excluding steroid dienone is 2. The van der Waals surface area contributed by atoms with Gasteiger partial charge in [-0.05, 0) is 38.5 Å². The van der Waals surface area contributed by atoms with E-state index >= 15 is 0 Å². The van der Waals surface area contributed by atoms with Gasteiger partial charge in [0.1, 0.15) is 55.4 Å². The molecule has 2 fully saturated rings. The second-order valence-electron chi connectivity index (χ2n) is 19.8. The van der Waals surface area contributed by atoms with Crippen molar-refractivity contribution in [2.75, 3.05) is 26.4 Å². The molecule has 2 aliphatic heterocycles. The largest absolute Gasteiger partial charge is 0.462 e. The molecular formula is C54H100O15. The SMILES string of the molecule is CCCCCC/C=C/CCCCCCCCCCCC(=O)OC[C@@H](CO[C@@H]1O[C@H](CO[C@@H]2O[C@H](CO)[C@H](O)C(O)C2O)[C@H](O)C(O)C1O)OC(=O)CCCCCCCCCCCCCCCCCC. The fourth-order valence-corrected chi connectivity index (χ4v) is 8.92.